The van der Waals surface area contributed by atoms with Crippen LogP contribution in [-0.2, 0) is 19.1 Å². The molecule has 36 heavy (non-hydrogen) atoms. The van der Waals surface area contributed by atoms with Gasteiger partial charge >= 0.3 is 5.97 Å². The molecule has 1 aliphatic heterocycles. The highest BCUT2D eigenvalue weighted by molar-refractivity contribution is 5.98. The highest BCUT2D eigenvalue weighted by Crippen LogP contribution is 2.45. The van der Waals surface area contributed by atoms with Gasteiger partial charge in [-0.15, -0.1) is 0 Å². The van der Waals surface area contributed by atoms with Crippen LogP contribution in [0.3, 0.4) is 0 Å². The molecule has 3 aromatic rings. The van der Waals surface area contributed by atoms with Gasteiger partial charge in [0.25, 0.3) is 5.91 Å². The van der Waals surface area contributed by atoms with E-state index in [2.05, 4.69) is 0 Å². The molecule has 1 aliphatic rings. The van der Waals surface area contributed by atoms with Crippen LogP contribution in [0.5, 0.6) is 11.5 Å². The Morgan fingerprint density at radius 2 is 1.47 bits per heavy atom. The van der Waals surface area contributed by atoms with Gasteiger partial charge in [0, 0.05) is 11.1 Å². The normalized spacial score (nSPS) is 19.6. The lowest BCUT2D eigenvalue weighted by molar-refractivity contribution is -0.154. The zero-order chi connectivity index (χ0) is 25.7. The van der Waals surface area contributed by atoms with Crippen LogP contribution in [0.4, 0.5) is 0 Å². The van der Waals surface area contributed by atoms with Crippen LogP contribution in [0.1, 0.15) is 35.9 Å². The number of carbonyl (C=O) groups is 2. The molecule has 1 saturated heterocycles. The van der Waals surface area contributed by atoms with Crippen molar-refractivity contribution in [3.8, 4) is 11.5 Å². The van der Waals surface area contributed by atoms with Crippen LogP contribution in [0, 0.1) is 0 Å². The third-order valence-electron chi connectivity index (χ3n) is 6.14. The standard InChI is InChI=1S/C29H29NO6/c1-19(17-20-11-7-5-8-12-20)27(31)30-25(21-13-9-6-10-14-21)26(29(32)35-4)36-28(30)22-15-16-23(33-2)24(18-22)34-3/h5-18,25-26,28H,1-4H3/t25-,26+,28?/m0/s1. The van der Waals surface area contributed by atoms with Gasteiger partial charge in [-0.05, 0) is 36.3 Å². The highest BCUT2D eigenvalue weighted by Gasteiger charge is 2.50. The van der Waals surface area contributed by atoms with Gasteiger partial charge in [0.15, 0.2) is 23.8 Å². The van der Waals surface area contributed by atoms with E-state index < -0.39 is 24.3 Å². The van der Waals surface area contributed by atoms with E-state index in [1.165, 1.54) is 14.2 Å². The molecule has 7 nitrogen and oxygen atoms in total. The molecule has 0 aromatic heterocycles. The maximum absolute atomic E-state index is 14.0. The van der Waals surface area contributed by atoms with E-state index in [0.29, 0.717) is 22.6 Å². The van der Waals surface area contributed by atoms with Crippen LogP contribution >= 0.6 is 0 Å². The second-order valence-corrected chi connectivity index (χ2v) is 8.35. The van der Waals surface area contributed by atoms with Gasteiger partial charge in [0.1, 0.15) is 0 Å². The first-order chi connectivity index (χ1) is 17.5. The number of ether oxygens (including phenoxy) is 4. The SMILES string of the molecule is COC(=O)[C@@H]1OC(c2ccc(OC)c(OC)c2)N(C(=O)C(C)=Cc2ccccc2)[C@H]1c1ccccc1. The molecule has 0 radical (unpaired) electrons. The molecule has 0 bridgehead atoms. The zero-order valence-electron chi connectivity index (χ0n) is 20.7. The average molecular weight is 488 g/mol. The van der Waals surface area contributed by atoms with Gasteiger partial charge < -0.3 is 18.9 Å². The number of esters is 1. The van der Waals surface area contributed by atoms with E-state index in [9.17, 15) is 9.59 Å². The number of amides is 1. The summed E-state index contributed by atoms with van der Waals surface area (Å²) in [4.78, 5) is 28.5. The van der Waals surface area contributed by atoms with E-state index in [1.807, 2.05) is 66.7 Å². The molecule has 1 heterocycles. The molecule has 0 N–H and O–H groups in total. The predicted octanol–water partition coefficient (Wildman–Crippen LogP) is 4.95. The van der Waals surface area contributed by atoms with Crippen LogP contribution in [0.25, 0.3) is 6.08 Å². The molecule has 4 rings (SSSR count). The summed E-state index contributed by atoms with van der Waals surface area (Å²) in [5, 5.41) is 0. The Hall–Kier alpha value is -4.10. The van der Waals surface area contributed by atoms with Crippen molar-refractivity contribution in [3.63, 3.8) is 0 Å². The van der Waals surface area contributed by atoms with E-state index in [1.54, 1.807) is 37.1 Å². The van der Waals surface area contributed by atoms with Gasteiger partial charge in [0.05, 0.1) is 27.4 Å². The Morgan fingerprint density at radius 3 is 2.08 bits per heavy atom. The Balaban J connectivity index is 1.85. The smallest absolute Gasteiger partial charge is 0.337 e. The highest BCUT2D eigenvalue weighted by atomic mass is 16.6. The fourth-order valence-electron chi connectivity index (χ4n) is 4.40. The number of carbonyl (C=O) groups excluding carboxylic acids is 2. The molecule has 186 valence electrons. The molecular formula is C29H29NO6. The fourth-order valence-corrected chi connectivity index (χ4v) is 4.40. The summed E-state index contributed by atoms with van der Waals surface area (Å²) in [5.41, 5.74) is 2.80. The van der Waals surface area contributed by atoms with Crippen LogP contribution in [0.2, 0.25) is 0 Å². The lowest BCUT2D eigenvalue weighted by Gasteiger charge is -2.30. The van der Waals surface area contributed by atoms with Gasteiger partial charge in [-0.25, -0.2) is 4.79 Å². The number of hydrogen-bond acceptors (Lipinski definition) is 6. The predicted molar refractivity (Wildman–Crippen MR) is 135 cm³/mol. The topological polar surface area (TPSA) is 74.3 Å². The van der Waals surface area contributed by atoms with E-state index >= 15 is 0 Å². The average Bonchev–Trinajstić information content (AvgIpc) is 3.33. The zero-order valence-corrected chi connectivity index (χ0v) is 20.7. The summed E-state index contributed by atoms with van der Waals surface area (Å²) >= 11 is 0. The molecule has 1 fully saturated rings. The molecule has 0 aliphatic carbocycles. The number of nitrogens with zero attached hydrogens (tertiary/aromatic N) is 1. The lowest BCUT2D eigenvalue weighted by Crippen LogP contribution is -2.37. The van der Waals surface area contributed by atoms with E-state index in [4.69, 9.17) is 18.9 Å². The third-order valence-corrected chi connectivity index (χ3v) is 6.14. The minimum absolute atomic E-state index is 0.265. The van der Waals surface area contributed by atoms with Crippen molar-refractivity contribution in [1.29, 1.82) is 0 Å². The number of benzene rings is 3. The summed E-state index contributed by atoms with van der Waals surface area (Å²) in [6, 6.07) is 23.5. The van der Waals surface area contributed by atoms with Gasteiger partial charge in [-0.1, -0.05) is 66.7 Å². The molecule has 7 heteroatoms. The third kappa shape index (κ3) is 4.97. The van der Waals surface area contributed by atoms with Crippen molar-refractivity contribution < 1.29 is 28.5 Å². The van der Waals surface area contributed by atoms with Crippen LogP contribution in [-0.4, -0.2) is 44.2 Å². The minimum Gasteiger partial charge on any atom is -0.493 e. The first-order valence-electron chi connectivity index (χ1n) is 11.5. The second kappa shape index (κ2) is 11.1. The Kier molecular flexibility index (Phi) is 7.71. The fraction of sp³-hybridized carbons (Fsp3) is 0.241. The summed E-state index contributed by atoms with van der Waals surface area (Å²) in [6.07, 6.45) is -0.0728. The first-order valence-corrected chi connectivity index (χ1v) is 11.5. The Bertz CT molecular complexity index is 1240. The molecule has 0 spiro atoms. The largest absolute Gasteiger partial charge is 0.493 e. The van der Waals surface area contributed by atoms with Gasteiger partial charge in [-0.3, -0.25) is 9.69 Å². The van der Waals surface area contributed by atoms with Crippen molar-refractivity contribution in [2.24, 2.45) is 0 Å². The van der Waals surface area contributed by atoms with Crippen LogP contribution in [0.15, 0.2) is 84.4 Å². The Morgan fingerprint density at radius 1 is 0.833 bits per heavy atom. The molecule has 3 atom stereocenters. The van der Waals surface area contributed by atoms with Crippen molar-refractivity contribution in [2.45, 2.75) is 25.3 Å². The summed E-state index contributed by atoms with van der Waals surface area (Å²) in [5.74, 6) is 0.204. The summed E-state index contributed by atoms with van der Waals surface area (Å²) in [6.45, 7) is 1.76. The van der Waals surface area contributed by atoms with E-state index in [0.717, 1.165) is 11.1 Å². The minimum atomic E-state index is -1.02. The van der Waals surface area contributed by atoms with Crippen molar-refractivity contribution in [3.05, 3.63) is 101 Å². The molecule has 1 amide bonds. The maximum atomic E-state index is 14.0. The lowest BCUT2D eigenvalue weighted by atomic mass is 9.99. The van der Waals surface area contributed by atoms with Crippen molar-refractivity contribution in [1.82, 2.24) is 4.90 Å². The van der Waals surface area contributed by atoms with Gasteiger partial charge in [0.2, 0.25) is 0 Å². The maximum Gasteiger partial charge on any atom is 0.337 e. The molecule has 3 aromatic carbocycles. The van der Waals surface area contributed by atoms with Gasteiger partial charge in [-0.2, -0.15) is 0 Å². The summed E-state index contributed by atoms with van der Waals surface area (Å²) < 4.78 is 22.2. The number of rotatable bonds is 7. The summed E-state index contributed by atoms with van der Waals surface area (Å²) in [7, 11) is 4.40. The van der Waals surface area contributed by atoms with Crippen LogP contribution < -0.4 is 9.47 Å². The van der Waals surface area contributed by atoms with Crippen molar-refractivity contribution in [2.75, 3.05) is 21.3 Å². The second-order valence-electron chi connectivity index (χ2n) is 8.35. The van der Waals surface area contributed by atoms with Crippen molar-refractivity contribution >= 4 is 18.0 Å². The molecule has 1 unspecified atom stereocenters. The van der Waals surface area contributed by atoms with E-state index in [-0.39, 0.29) is 5.91 Å². The monoisotopic (exact) mass is 487 g/mol. The molecule has 0 saturated carbocycles. The first kappa shape index (κ1) is 25.0. The number of methoxy groups -OCH3 is 3. The quantitative estimate of drug-likeness (QED) is 0.347. The Labute approximate surface area is 210 Å². The number of hydrogen-bond donors (Lipinski definition) is 0. The molecular weight excluding hydrogens is 458 g/mol.